The average molecular weight is 429 g/mol. The molecule has 0 N–H and O–H groups in total. The second-order valence-electron chi connectivity index (χ2n) is 8.14. The van der Waals surface area contributed by atoms with E-state index in [-0.39, 0.29) is 24.3 Å². The zero-order chi connectivity index (χ0) is 22.1. The molecule has 5 rings (SSSR count). The lowest BCUT2D eigenvalue weighted by molar-refractivity contribution is -0.156. The molecule has 4 heterocycles. The van der Waals surface area contributed by atoms with Gasteiger partial charge in [0.1, 0.15) is 12.6 Å². The molecule has 3 aromatic rings. The molecule has 0 radical (unpaired) electrons. The monoisotopic (exact) mass is 429 g/mol. The maximum Gasteiger partial charge on any atom is 0.253 e. The molecule has 8 nitrogen and oxygen atoms in total. The van der Waals surface area contributed by atoms with Crippen molar-refractivity contribution < 1.29 is 14.4 Å². The first-order valence-electron chi connectivity index (χ1n) is 10.7. The lowest BCUT2D eigenvalue weighted by Crippen LogP contribution is -2.59. The molecule has 0 aliphatic carbocycles. The summed E-state index contributed by atoms with van der Waals surface area (Å²) in [7, 11) is 0. The summed E-state index contributed by atoms with van der Waals surface area (Å²) in [6.45, 7) is 1.63. The highest BCUT2D eigenvalue weighted by atomic mass is 16.2. The standard InChI is InChI=1S/C24H23N5O3/c30-22-16-28(15-17-5-9-25-10-6-17)24(32)21-7-11-27(12-13-29(21)22)23(31)19-3-4-20-18(14-19)2-1-8-26-20/h1-6,8-10,14,21H,7,11-13,15-16H2. The molecule has 1 unspecified atom stereocenters. The molecule has 1 atom stereocenters. The van der Waals surface area contributed by atoms with Gasteiger partial charge in [-0.1, -0.05) is 6.07 Å². The lowest BCUT2D eigenvalue weighted by atomic mass is 10.1. The van der Waals surface area contributed by atoms with Crippen LogP contribution in [-0.2, 0) is 16.1 Å². The molecule has 2 aliphatic heterocycles. The molecule has 8 heteroatoms. The van der Waals surface area contributed by atoms with Crippen LogP contribution in [0.1, 0.15) is 22.3 Å². The van der Waals surface area contributed by atoms with Crippen LogP contribution in [0, 0.1) is 0 Å². The molecule has 162 valence electrons. The molecular formula is C24H23N5O3. The van der Waals surface area contributed by atoms with Crippen LogP contribution in [0.25, 0.3) is 10.9 Å². The van der Waals surface area contributed by atoms with Crippen molar-refractivity contribution in [3.8, 4) is 0 Å². The predicted molar refractivity (Wildman–Crippen MR) is 117 cm³/mol. The van der Waals surface area contributed by atoms with Crippen molar-refractivity contribution in [2.75, 3.05) is 26.2 Å². The molecular weight excluding hydrogens is 406 g/mol. The van der Waals surface area contributed by atoms with Crippen molar-refractivity contribution in [3.05, 3.63) is 72.2 Å². The van der Waals surface area contributed by atoms with Crippen LogP contribution in [0.4, 0.5) is 0 Å². The number of fused-ring (bicyclic) bond motifs is 2. The number of aromatic nitrogens is 2. The van der Waals surface area contributed by atoms with Gasteiger partial charge in [0.2, 0.25) is 11.8 Å². The SMILES string of the molecule is O=C(c1ccc2ncccc2c1)N1CCC2C(=O)N(Cc3ccncc3)CC(=O)N2CC1. The van der Waals surface area contributed by atoms with Crippen LogP contribution in [0.5, 0.6) is 0 Å². The average Bonchev–Trinajstić information content (AvgIpc) is 3.06. The van der Waals surface area contributed by atoms with Gasteiger partial charge < -0.3 is 14.7 Å². The topological polar surface area (TPSA) is 86.7 Å². The molecule has 2 aromatic heterocycles. The van der Waals surface area contributed by atoms with Crippen molar-refractivity contribution in [2.45, 2.75) is 19.0 Å². The normalized spacial score (nSPS) is 19.1. The van der Waals surface area contributed by atoms with E-state index >= 15 is 0 Å². The van der Waals surface area contributed by atoms with Crippen LogP contribution >= 0.6 is 0 Å². The predicted octanol–water partition coefficient (Wildman–Crippen LogP) is 1.72. The van der Waals surface area contributed by atoms with Crippen molar-refractivity contribution >= 4 is 28.6 Å². The summed E-state index contributed by atoms with van der Waals surface area (Å²) in [5.41, 5.74) is 2.36. The van der Waals surface area contributed by atoms with Crippen LogP contribution in [0.15, 0.2) is 61.1 Å². The van der Waals surface area contributed by atoms with E-state index in [9.17, 15) is 14.4 Å². The first kappa shape index (κ1) is 20.1. The van der Waals surface area contributed by atoms with E-state index in [1.807, 2.05) is 36.4 Å². The summed E-state index contributed by atoms with van der Waals surface area (Å²) in [5, 5.41) is 0.905. The summed E-state index contributed by atoms with van der Waals surface area (Å²) >= 11 is 0. The smallest absolute Gasteiger partial charge is 0.253 e. The Balaban J connectivity index is 1.31. The minimum Gasteiger partial charge on any atom is -0.337 e. The van der Waals surface area contributed by atoms with E-state index < -0.39 is 6.04 Å². The molecule has 2 fully saturated rings. The van der Waals surface area contributed by atoms with Crippen LogP contribution in [0.2, 0.25) is 0 Å². The second-order valence-corrected chi connectivity index (χ2v) is 8.14. The van der Waals surface area contributed by atoms with E-state index in [0.29, 0.717) is 38.2 Å². The fourth-order valence-electron chi connectivity index (χ4n) is 4.46. The first-order chi connectivity index (χ1) is 15.6. The quantitative estimate of drug-likeness (QED) is 0.633. The van der Waals surface area contributed by atoms with Crippen molar-refractivity contribution in [3.63, 3.8) is 0 Å². The second kappa shape index (κ2) is 8.37. The van der Waals surface area contributed by atoms with Crippen LogP contribution in [0.3, 0.4) is 0 Å². The Morgan fingerprint density at radius 3 is 2.69 bits per heavy atom. The Morgan fingerprint density at radius 2 is 1.84 bits per heavy atom. The third-order valence-corrected chi connectivity index (χ3v) is 6.16. The summed E-state index contributed by atoms with van der Waals surface area (Å²) in [4.78, 5) is 52.4. The number of piperazine rings is 1. The van der Waals surface area contributed by atoms with Gasteiger partial charge in [-0.2, -0.15) is 0 Å². The Bertz CT molecular complexity index is 1180. The minimum absolute atomic E-state index is 0.0588. The van der Waals surface area contributed by atoms with E-state index in [4.69, 9.17) is 0 Å². The van der Waals surface area contributed by atoms with Gasteiger partial charge >= 0.3 is 0 Å². The van der Waals surface area contributed by atoms with Gasteiger partial charge in [-0.15, -0.1) is 0 Å². The van der Waals surface area contributed by atoms with Crippen LogP contribution < -0.4 is 0 Å². The van der Waals surface area contributed by atoms with Crippen LogP contribution in [-0.4, -0.2) is 74.6 Å². The number of benzene rings is 1. The number of rotatable bonds is 3. The Hall–Kier alpha value is -3.81. The fraction of sp³-hybridized carbons (Fsp3) is 0.292. The van der Waals surface area contributed by atoms with Gasteiger partial charge in [0, 0.05) is 55.7 Å². The Morgan fingerprint density at radius 1 is 1.00 bits per heavy atom. The fourth-order valence-corrected chi connectivity index (χ4v) is 4.46. The Kier molecular flexibility index (Phi) is 5.26. The third kappa shape index (κ3) is 3.79. The molecule has 32 heavy (non-hydrogen) atoms. The molecule has 2 aliphatic rings. The van der Waals surface area contributed by atoms with Crippen molar-refractivity contribution in [1.82, 2.24) is 24.7 Å². The highest BCUT2D eigenvalue weighted by Crippen LogP contribution is 2.22. The van der Waals surface area contributed by atoms with Gasteiger partial charge in [0.05, 0.1) is 5.52 Å². The largest absolute Gasteiger partial charge is 0.337 e. The summed E-state index contributed by atoms with van der Waals surface area (Å²) in [5.74, 6) is -0.230. The first-order valence-corrected chi connectivity index (χ1v) is 10.7. The maximum absolute atomic E-state index is 13.2. The molecule has 1 aromatic carbocycles. The Labute approximate surface area is 185 Å². The molecule has 0 saturated carbocycles. The highest BCUT2D eigenvalue weighted by molar-refractivity contribution is 5.98. The summed E-state index contributed by atoms with van der Waals surface area (Å²) in [6.07, 6.45) is 5.50. The van der Waals surface area contributed by atoms with E-state index in [1.54, 1.807) is 39.4 Å². The van der Waals surface area contributed by atoms with E-state index in [1.165, 1.54) is 0 Å². The van der Waals surface area contributed by atoms with Gasteiger partial charge in [0.25, 0.3) is 5.91 Å². The third-order valence-electron chi connectivity index (χ3n) is 6.16. The minimum atomic E-state index is -0.531. The molecule has 0 bridgehead atoms. The number of hydrogen-bond donors (Lipinski definition) is 0. The number of hydrogen-bond acceptors (Lipinski definition) is 5. The molecule has 3 amide bonds. The van der Waals surface area contributed by atoms with Gasteiger partial charge in [-0.25, -0.2) is 0 Å². The number of carbonyl (C=O) groups is 3. The molecule has 0 spiro atoms. The zero-order valence-electron chi connectivity index (χ0n) is 17.6. The number of nitrogens with zero attached hydrogens (tertiary/aromatic N) is 5. The summed E-state index contributed by atoms with van der Waals surface area (Å²) in [6, 6.07) is 12.4. The van der Waals surface area contributed by atoms with Crippen molar-refractivity contribution in [1.29, 1.82) is 0 Å². The number of amides is 3. The van der Waals surface area contributed by atoms with E-state index in [2.05, 4.69) is 9.97 Å². The summed E-state index contributed by atoms with van der Waals surface area (Å²) < 4.78 is 0. The van der Waals surface area contributed by atoms with Gasteiger partial charge in [-0.3, -0.25) is 24.4 Å². The van der Waals surface area contributed by atoms with Gasteiger partial charge in [0.15, 0.2) is 0 Å². The van der Waals surface area contributed by atoms with E-state index in [0.717, 1.165) is 16.5 Å². The van der Waals surface area contributed by atoms with Gasteiger partial charge in [-0.05, 0) is 48.4 Å². The highest BCUT2D eigenvalue weighted by Gasteiger charge is 2.41. The number of carbonyl (C=O) groups excluding carboxylic acids is 3. The molecule has 2 saturated heterocycles. The lowest BCUT2D eigenvalue weighted by Gasteiger charge is -2.39. The van der Waals surface area contributed by atoms with Crippen molar-refractivity contribution in [2.24, 2.45) is 0 Å². The number of pyridine rings is 2. The zero-order valence-corrected chi connectivity index (χ0v) is 17.6. The maximum atomic E-state index is 13.2.